The maximum Gasteiger partial charge on any atom is 0.163 e. The predicted molar refractivity (Wildman–Crippen MR) is 68.3 cm³/mol. The number of pyridine rings is 1. The molecule has 0 spiro atoms. The van der Waals surface area contributed by atoms with Gasteiger partial charge in [0.15, 0.2) is 5.69 Å². The van der Waals surface area contributed by atoms with E-state index in [9.17, 15) is 0 Å². The Kier molecular flexibility index (Phi) is 3.54. The molecule has 0 radical (unpaired) electrons. The SMILES string of the molecule is N#Cc1ncccc1NCc1sccc1Br. The first kappa shape index (κ1) is 11.1. The molecule has 0 unspecified atom stereocenters. The van der Waals surface area contributed by atoms with Gasteiger partial charge in [-0.25, -0.2) is 4.98 Å². The van der Waals surface area contributed by atoms with Crippen LogP contribution in [0.15, 0.2) is 34.2 Å². The van der Waals surface area contributed by atoms with Crippen molar-refractivity contribution in [2.75, 3.05) is 5.32 Å². The third kappa shape index (κ3) is 2.40. The van der Waals surface area contributed by atoms with Crippen LogP contribution in [0.2, 0.25) is 0 Å². The molecule has 0 amide bonds. The van der Waals surface area contributed by atoms with E-state index < -0.39 is 0 Å². The fourth-order valence-electron chi connectivity index (χ4n) is 1.26. The van der Waals surface area contributed by atoms with Gasteiger partial charge in [-0.1, -0.05) is 0 Å². The third-order valence-electron chi connectivity index (χ3n) is 2.04. The zero-order valence-electron chi connectivity index (χ0n) is 8.27. The van der Waals surface area contributed by atoms with Crippen LogP contribution in [0, 0.1) is 11.3 Å². The van der Waals surface area contributed by atoms with Gasteiger partial charge in [0.05, 0.1) is 12.2 Å². The van der Waals surface area contributed by atoms with Crippen LogP contribution in [0.1, 0.15) is 10.6 Å². The molecule has 2 rings (SSSR count). The molecule has 0 atom stereocenters. The summed E-state index contributed by atoms with van der Waals surface area (Å²) in [5.74, 6) is 0. The van der Waals surface area contributed by atoms with Gasteiger partial charge in [-0.05, 0) is 39.5 Å². The first-order valence-corrected chi connectivity index (χ1v) is 6.29. The summed E-state index contributed by atoms with van der Waals surface area (Å²) < 4.78 is 1.09. The zero-order chi connectivity index (χ0) is 11.4. The van der Waals surface area contributed by atoms with Crippen LogP contribution in [0.5, 0.6) is 0 Å². The number of nitriles is 1. The molecular weight excluding hydrogens is 286 g/mol. The van der Waals surface area contributed by atoms with Crippen molar-refractivity contribution in [2.24, 2.45) is 0 Å². The van der Waals surface area contributed by atoms with Gasteiger partial charge in [0.2, 0.25) is 0 Å². The molecule has 0 fully saturated rings. The second kappa shape index (κ2) is 5.10. The van der Waals surface area contributed by atoms with Crippen LogP contribution >= 0.6 is 27.3 Å². The van der Waals surface area contributed by atoms with Gasteiger partial charge in [0, 0.05) is 15.5 Å². The second-order valence-electron chi connectivity index (χ2n) is 3.06. The summed E-state index contributed by atoms with van der Waals surface area (Å²) in [5.41, 5.74) is 1.19. The summed E-state index contributed by atoms with van der Waals surface area (Å²) in [6.45, 7) is 0.693. The fourth-order valence-corrected chi connectivity index (χ4v) is 2.70. The number of halogens is 1. The molecule has 2 aromatic rings. The Morgan fingerprint density at radius 1 is 1.50 bits per heavy atom. The van der Waals surface area contributed by atoms with Crippen molar-refractivity contribution in [3.63, 3.8) is 0 Å². The lowest BCUT2D eigenvalue weighted by atomic mass is 10.3. The van der Waals surface area contributed by atoms with E-state index in [1.165, 1.54) is 4.88 Å². The van der Waals surface area contributed by atoms with Crippen molar-refractivity contribution >= 4 is 33.0 Å². The van der Waals surface area contributed by atoms with Crippen molar-refractivity contribution < 1.29 is 0 Å². The van der Waals surface area contributed by atoms with Crippen molar-refractivity contribution in [1.29, 1.82) is 5.26 Å². The second-order valence-corrected chi connectivity index (χ2v) is 4.91. The Bertz CT molecular complexity index is 530. The molecule has 1 N–H and O–H groups in total. The molecule has 0 aliphatic carbocycles. The first-order chi connectivity index (χ1) is 7.81. The molecule has 3 nitrogen and oxygen atoms in total. The molecule has 0 bridgehead atoms. The Hall–Kier alpha value is -1.38. The highest BCUT2D eigenvalue weighted by atomic mass is 79.9. The van der Waals surface area contributed by atoms with Crippen molar-refractivity contribution in [3.8, 4) is 6.07 Å². The first-order valence-electron chi connectivity index (χ1n) is 4.62. The summed E-state index contributed by atoms with van der Waals surface area (Å²) in [6.07, 6.45) is 1.62. The van der Waals surface area contributed by atoms with E-state index in [0.29, 0.717) is 12.2 Å². The van der Waals surface area contributed by atoms with Crippen LogP contribution < -0.4 is 5.32 Å². The van der Waals surface area contributed by atoms with Crippen molar-refractivity contribution in [2.45, 2.75) is 6.54 Å². The number of nitrogens with zero attached hydrogens (tertiary/aromatic N) is 2. The van der Waals surface area contributed by atoms with Crippen molar-refractivity contribution in [3.05, 3.63) is 44.8 Å². The number of nitrogens with one attached hydrogen (secondary N) is 1. The van der Waals surface area contributed by atoms with Gasteiger partial charge in [-0.2, -0.15) is 5.26 Å². The molecule has 5 heteroatoms. The Morgan fingerprint density at radius 2 is 2.38 bits per heavy atom. The minimum atomic E-state index is 0.426. The number of aromatic nitrogens is 1. The van der Waals surface area contributed by atoms with Crippen LogP contribution in [-0.4, -0.2) is 4.98 Å². The predicted octanol–water partition coefficient (Wildman–Crippen LogP) is 3.39. The highest BCUT2D eigenvalue weighted by Gasteiger charge is 2.04. The Balaban J connectivity index is 2.11. The summed E-state index contributed by atoms with van der Waals surface area (Å²) >= 11 is 5.13. The van der Waals surface area contributed by atoms with Crippen LogP contribution in [0.3, 0.4) is 0 Å². The van der Waals surface area contributed by atoms with E-state index in [1.54, 1.807) is 17.5 Å². The molecule has 0 aliphatic heterocycles. The summed E-state index contributed by atoms with van der Waals surface area (Å²) in [4.78, 5) is 5.19. The molecule has 2 heterocycles. The number of anilines is 1. The van der Waals surface area contributed by atoms with Gasteiger partial charge in [-0.15, -0.1) is 11.3 Å². The van der Waals surface area contributed by atoms with Gasteiger partial charge in [-0.3, -0.25) is 0 Å². The van der Waals surface area contributed by atoms with Gasteiger partial charge in [0.1, 0.15) is 6.07 Å². The molecule has 0 aliphatic rings. The molecule has 0 saturated heterocycles. The topological polar surface area (TPSA) is 48.7 Å². The van der Waals surface area contributed by atoms with E-state index in [-0.39, 0.29) is 0 Å². The zero-order valence-corrected chi connectivity index (χ0v) is 10.7. The summed E-state index contributed by atoms with van der Waals surface area (Å²) in [5, 5.41) is 14.1. The molecule has 0 saturated carbocycles. The summed E-state index contributed by atoms with van der Waals surface area (Å²) in [6, 6.07) is 7.73. The minimum absolute atomic E-state index is 0.426. The lowest BCUT2D eigenvalue weighted by Crippen LogP contribution is -2.01. The average Bonchev–Trinajstić information content (AvgIpc) is 2.72. The summed E-state index contributed by atoms with van der Waals surface area (Å²) in [7, 11) is 0. The van der Waals surface area contributed by atoms with Gasteiger partial charge >= 0.3 is 0 Å². The number of thiophene rings is 1. The Morgan fingerprint density at radius 3 is 3.06 bits per heavy atom. The lowest BCUT2D eigenvalue weighted by molar-refractivity contribution is 1.15. The minimum Gasteiger partial charge on any atom is -0.378 e. The van der Waals surface area contributed by atoms with Crippen LogP contribution in [0.4, 0.5) is 5.69 Å². The van der Waals surface area contributed by atoms with E-state index in [4.69, 9.17) is 5.26 Å². The van der Waals surface area contributed by atoms with E-state index >= 15 is 0 Å². The largest absolute Gasteiger partial charge is 0.378 e. The van der Waals surface area contributed by atoms with Gasteiger partial charge < -0.3 is 5.32 Å². The quantitative estimate of drug-likeness (QED) is 0.944. The van der Waals surface area contributed by atoms with Gasteiger partial charge in [0.25, 0.3) is 0 Å². The highest BCUT2D eigenvalue weighted by Crippen LogP contribution is 2.24. The number of hydrogen-bond acceptors (Lipinski definition) is 4. The van der Waals surface area contributed by atoms with E-state index in [1.807, 2.05) is 23.6 Å². The Labute approximate surface area is 106 Å². The highest BCUT2D eigenvalue weighted by molar-refractivity contribution is 9.10. The van der Waals surface area contributed by atoms with E-state index in [2.05, 4.69) is 32.3 Å². The number of hydrogen-bond donors (Lipinski definition) is 1. The van der Waals surface area contributed by atoms with Crippen molar-refractivity contribution in [1.82, 2.24) is 4.98 Å². The maximum atomic E-state index is 8.87. The maximum absolute atomic E-state index is 8.87. The molecular formula is C11H8BrN3S. The number of rotatable bonds is 3. The van der Waals surface area contributed by atoms with Crippen LogP contribution in [0.25, 0.3) is 0 Å². The molecule has 0 aromatic carbocycles. The smallest absolute Gasteiger partial charge is 0.163 e. The monoisotopic (exact) mass is 293 g/mol. The average molecular weight is 294 g/mol. The van der Waals surface area contributed by atoms with Crippen LogP contribution in [-0.2, 0) is 6.54 Å². The fraction of sp³-hybridized carbons (Fsp3) is 0.0909. The molecule has 16 heavy (non-hydrogen) atoms. The lowest BCUT2D eigenvalue weighted by Gasteiger charge is -2.05. The van der Waals surface area contributed by atoms with E-state index in [0.717, 1.165) is 10.2 Å². The third-order valence-corrected chi connectivity index (χ3v) is 3.97. The standard InChI is InChI=1S/C11H8BrN3S/c12-8-3-5-16-11(8)7-15-9-2-1-4-14-10(9)6-13/h1-5,15H,7H2. The molecule has 80 valence electrons. The molecule has 2 aromatic heterocycles. The normalized spacial score (nSPS) is 9.75.